The molecule has 4 rings (SSSR count). The van der Waals surface area contributed by atoms with E-state index in [0.29, 0.717) is 0 Å². The Labute approximate surface area is 269 Å². The van der Waals surface area contributed by atoms with E-state index in [9.17, 15) is 18.0 Å². The van der Waals surface area contributed by atoms with E-state index in [1.165, 1.54) is 47.4 Å². The quantitative estimate of drug-likeness (QED) is 0.200. The summed E-state index contributed by atoms with van der Waals surface area (Å²) in [6.45, 7) is 6.33. The van der Waals surface area contributed by atoms with E-state index in [2.05, 4.69) is 5.32 Å². The number of amides is 2. The molecule has 4 aromatic rings. The highest BCUT2D eigenvalue weighted by Crippen LogP contribution is 2.31. The Hall–Kier alpha value is -4.21. The molecule has 0 saturated heterocycles. The zero-order chi connectivity index (χ0) is 32.8. The summed E-state index contributed by atoms with van der Waals surface area (Å²) in [5.74, 6) is -1.72. The highest BCUT2D eigenvalue weighted by atomic mass is 35.5. The van der Waals surface area contributed by atoms with E-state index in [-0.39, 0.29) is 34.1 Å². The molecule has 236 valence electrons. The van der Waals surface area contributed by atoms with Gasteiger partial charge in [0.15, 0.2) is 0 Å². The van der Waals surface area contributed by atoms with Crippen LogP contribution >= 0.6 is 11.6 Å². The first-order valence-corrected chi connectivity index (χ1v) is 16.3. The van der Waals surface area contributed by atoms with Gasteiger partial charge >= 0.3 is 0 Å². The number of aryl methyl sites for hydroxylation is 1. The zero-order valence-electron chi connectivity index (χ0n) is 25.7. The first kappa shape index (κ1) is 33.7. The molecular formula is C35H37ClFN3O4S. The maximum absolute atomic E-state index is 15.0. The largest absolute Gasteiger partial charge is 0.350 e. The van der Waals surface area contributed by atoms with Crippen molar-refractivity contribution in [1.82, 2.24) is 10.2 Å². The van der Waals surface area contributed by atoms with Crippen LogP contribution in [0.4, 0.5) is 10.1 Å². The highest BCUT2D eigenvalue weighted by molar-refractivity contribution is 7.92. The number of nitrogens with one attached hydrogen (secondary N) is 1. The van der Waals surface area contributed by atoms with Crippen molar-refractivity contribution in [1.29, 1.82) is 0 Å². The Morgan fingerprint density at radius 2 is 1.47 bits per heavy atom. The molecule has 7 nitrogen and oxygen atoms in total. The second kappa shape index (κ2) is 14.3. The van der Waals surface area contributed by atoms with Crippen molar-refractivity contribution < 1.29 is 22.4 Å². The van der Waals surface area contributed by atoms with Gasteiger partial charge in [-0.2, -0.15) is 0 Å². The number of rotatable bonds is 11. The van der Waals surface area contributed by atoms with Gasteiger partial charge in [0.2, 0.25) is 11.8 Å². The molecule has 0 aliphatic heterocycles. The molecule has 0 heterocycles. The summed E-state index contributed by atoms with van der Waals surface area (Å²) in [5.41, 5.74) is 1.26. The van der Waals surface area contributed by atoms with Gasteiger partial charge in [-0.15, -0.1) is 0 Å². The van der Waals surface area contributed by atoms with Crippen LogP contribution in [-0.4, -0.2) is 43.3 Å². The molecule has 0 bridgehead atoms. The number of hydrogen-bond donors (Lipinski definition) is 1. The summed E-state index contributed by atoms with van der Waals surface area (Å²) in [6.07, 6.45) is 0.111. The third-order valence-corrected chi connectivity index (χ3v) is 9.17. The van der Waals surface area contributed by atoms with Gasteiger partial charge in [0.05, 0.1) is 15.6 Å². The number of nitrogens with zero attached hydrogens (tertiary/aromatic N) is 2. The molecule has 1 N–H and O–H groups in total. The van der Waals surface area contributed by atoms with E-state index in [1.807, 2.05) is 58.0 Å². The van der Waals surface area contributed by atoms with Crippen molar-refractivity contribution in [3.8, 4) is 0 Å². The lowest BCUT2D eigenvalue weighted by Gasteiger charge is -2.35. The smallest absolute Gasteiger partial charge is 0.264 e. The van der Waals surface area contributed by atoms with Crippen molar-refractivity contribution in [2.45, 2.75) is 57.1 Å². The van der Waals surface area contributed by atoms with Gasteiger partial charge in [-0.1, -0.05) is 90.0 Å². The Bertz CT molecular complexity index is 1740. The van der Waals surface area contributed by atoms with E-state index >= 15 is 4.39 Å². The number of para-hydroxylation sites is 1. The highest BCUT2D eigenvalue weighted by Gasteiger charge is 2.36. The van der Waals surface area contributed by atoms with E-state index in [1.54, 1.807) is 30.3 Å². The molecule has 4 aromatic carbocycles. The maximum Gasteiger partial charge on any atom is 0.264 e. The number of carbonyl (C=O) groups is 2. The Morgan fingerprint density at radius 1 is 0.867 bits per heavy atom. The van der Waals surface area contributed by atoms with Gasteiger partial charge in [0.25, 0.3) is 10.0 Å². The van der Waals surface area contributed by atoms with Gasteiger partial charge < -0.3 is 10.2 Å². The lowest BCUT2D eigenvalue weighted by Crippen LogP contribution is -2.56. The third-order valence-electron chi connectivity index (χ3n) is 7.08. The fourth-order valence-corrected chi connectivity index (χ4v) is 6.54. The molecule has 0 aliphatic rings. The van der Waals surface area contributed by atoms with Crippen LogP contribution in [0.15, 0.2) is 108 Å². The first-order valence-electron chi connectivity index (χ1n) is 14.5. The summed E-state index contributed by atoms with van der Waals surface area (Å²) in [5, 5.41) is 3.07. The fraction of sp³-hybridized carbons (Fsp3) is 0.257. The molecule has 2 amide bonds. The van der Waals surface area contributed by atoms with E-state index in [0.717, 1.165) is 15.4 Å². The normalized spacial score (nSPS) is 12.3. The van der Waals surface area contributed by atoms with Gasteiger partial charge in [-0.3, -0.25) is 13.9 Å². The molecule has 0 spiro atoms. The summed E-state index contributed by atoms with van der Waals surface area (Å²) in [6, 6.07) is 26.6. The zero-order valence-corrected chi connectivity index (χ0v) is 27.3. The monoisotopic (exact) mass is 649 g/mol. The van der Waals surface area contributed by atoms with Crippen LogP contribution in [0.2, 0.25) is 5.02 Å². The Balaban J connectivity index is 1.84. The topological polar surface area (TPSA) is 86.8 Å². The summed E-state index contributed by atoms with van der Waals surface area (Å²) < 4.78 is 44.2. The molecule has 1 atom stereocenters. The maximum atomic E-state index is 15.0. The second-order valence-electron chi connectivity index (χ2n) is 11.8. The predicted octanol–water partition coefficient (Wildman–Crippen LogP) is 6.54. The van der Waals surface area contributed by atoms with Crippen LogP contribution in [0.5, 0.6) is 0 Å². The minimum atomic E-state index is -4.31. The first-order chi connectivity index (χ1) is 21.3. The molecule has 45 heavy (non-hydrogen) atoms. The van der Waals surface area contributed by atoms with Crippen LogP contribution in [0.1, 0.15) is 37.5 Å². The molecule has 0 aromatic heterocycles. The number of benzene rings is 4. The Kier molecular flexibility index (Phi) is 10.7. The lowest BCUT2D eigenvalue weighted by molar-refractivity contribution is -0.140. The molecule has 10 heteroatoms. The van der Waals surface area contributed by atoms with Crippen LogP contribution < -0.4 is 9.62 Å². The van der Waals surface area contributed by atoms with Crippen molar-refractivity contribution in [2.75, 3.05) is 10.8 Å². The molecule has 0 unspecified atom stereocenters. The van der Waals surface area contributed by atoms with Gasteiger partial charge in [0, 0.05) is 24.1 Å². The molecule has 0 fully saturated rings. The number of anilines is 1. The summed E-state index contributed by atoms with van der Waals surface area (Å²) >= 11 is 6.50. The van der Waals surface area contributed by atoms with Crippen LogP contribution in [0.3, 0.4) is 0 Å². The summed E-state index contributed by atoms with van der Waals surface area (Å²) in [7, 11) is -4.31. The second-order valence-corrected chi connectivity index (χ2v) is 14.1. The minimum Gasteiger partial charge on any atom is -0.350 e. The van der Waals surface area contributed by atoms with Crippen LogP contribution in [0, 0.1) is 12.7 Å². The third kappa shape index (κ3) is 8.71. The van der Waals surface area contributed by atoms with Gasteiger partial charge in [-0.25, -0.2) is 12.8 Å². The van der Waals surface area contributed by atoms with Crippen molar-refractivity contribution in [3.05, 3.63) is 131 Å². The molecule has 0 saturated carbocycles. The van der Waals surface area contributed by atoms with Crippen molar-refractivity contribution in [2.24, 2.45) is 0 Å². The van der Waals surface area contributed by atoms with Crippen LogP contribution in [-0.2, 0) is 32.6 Å². The lowest BCUT2D eigenvalue weighted by atomic mass is 10.0. The molecular weight excluding hydrogens is 613 g/mol. The minimum absolute atomic E-state index is 0.0345. The van der Waals surface area contributed by atoms with Gasteiger partial charge in [-0.05, 0) is 63.6 Å². The average Bonchev–Trinajstić information content (AvgIpc) is 2.98. The Morgan fingerprint density at radius 3 is 2.09 bits per heavy atom. The number of hydrogen-bond acceptors (Lipinski definition) is 4. The van der Waals surface area contributed by atoms with E-state index < -0.39 is 45.8 Å². The summed E-state index contributed by atoms with van der Waals surface area (Å²) in [4.78, 5) is 29.6. The SMILES string of the molecule is Cc1ccc(S(=O)(=O)N(CC(=O)N(Cc2ccccc2F)[C@H](Cc2ccccc2)C(=O)NC(C)(C)C)c2ccccc2Cl)cc1. The van der Waals surface area contributed by atoms with E-state index in [4.69, 9.17) is 11.6 Å². The van der Waals surface area contributed by atoms with Crippen LogP contribution in [0.25, 0.3) is 0 Å². The number of halogens is 2. The average molecular weight is 650 g/mol. The molecule has 0 radical (unpaired) electrons. The number of carbonyl (C=O) groups excluding carboxylic acids is 2. The van der Waals surface area contributed by atoms with Crippen molar-refractivity contribution >= 4 is 39.1 Å². The predicted molar refractivity (Wildman–Crippen MR) is 176 cm³/mol. The fourth-order valence-electron chi connectivity index (χ4n) is 4.82. The molecule has 0 aliphatic carbocycles. The standard InChI is InChI=1S/C35H37ClFN3O4S/c1-25-18-20-28(21-19-25)45(43,44)40(31-17-11-9-15-29(31)36)24-33(41)39(23-27-14-8-10-16-30(27)37)32(34(42)38-35(2,3)4)22-26-12-6-5-7-13-26/h5-21,32H,22-24H2,1-4H3,(H,38,42)/t32-/m1/s1. The van der Waals surface area contributed by atoms with Gasteiger partial charge in [0.1, 0.15) is 18.4 Å². The number of sulfonamides is 1. The van der Waals surface area contributed by atoms with Crippen molar-refractivity contribution in [3.63, 3.8) is 0 Å².